The van der Waals surface area contributed by atoms with Gasteiger partial charge in [-0.3, -0.25) is 0 Å². The van der Waals surface area contributed by atoms with Crippen molar-refractivity contribution in [1.82, 2.24) is 0 Å². The van der Waals surface area contributed by atoms with Crippen LogP contribution in [-0.4, -0.2) is 17.0 Å². The Hall–Kier alpha value is -1.36. The van der Waals surface area contributed by atoms with Crippen LogP contribution in [0.25, 0.3) is 0 Å². The van der Waals surface area contributed by atoms with E-state index in [9.17, 15) is 14.7 Å². The van der Waals surface area contributed by atoms with Gasteiger partial charge in [-0.1, -0.05) is 0 Å². The predicted octanol–water partition coefficient (Wildman–Crippen LogP) is 0.946. The van der Waals surface area contributed by atoms with E-state index in [0.717, 1.165) is 11.3 Å². The van der Waals surface area contributed by atoms with Gasteiger partial charge in [-0.25, -0.2) is 14.7 Å². The summed E-state index contributed by atoms with van der Waals surface area (Å²) in [5.74, 6) is -2.37. The highest BCUT2D eigenvalue weighted by Crippen LogP contribution is 2.17. The Morgan fingerprint density at radius 2 is 2.17 bits per heavy atom. The van der Waals surface area contributed by atoms with Gasteiger partial charge in [-0.05, 0) is 11.4 Å². The second kappa shape index (κ2) is 3.36. The third-order valence-electron chi connectivity index (χ3n) is 1.28. The zero-order valence-corrected chi connectivity index (χ0v) is 6.76. The molecular weight excluding hydrogens is 180 g/mol. The lowest BCUT2D eigenvalue weighted by Gasteiger charge is -1.92. The Labute approximate surface area is 72.1 Å². The molecule has 0 aliphatic carbocycles. The average molecular weight is 185 g/mol. The van der Waals surface area contributed by atoms with Crippen LogP contribution in [0.1, 0.15) is 15.2 Å². The molecule has 12 heavy (non-hydrogen) atoms. The normalized spacial score (nSPS) is 9.67. The molecule has 0 spiro atoms. The van der Waals surface area contributed by atoms with Crippen molar-refractivity contribution in [2.75, 3.05) is 0 Å². The van der Waals surface area contributed by atoms with Gasteiger partial charge in [0.25, 0.3) is 0 Å². The van der Waals surface area contributed by atoms with Crippen molar-refractivity contribution in [2.45, 2.75) is 6.42 Å². The first kappa shape index (κ1) is 8.73. The zero-order valence-electron chi connectivity index (χ0n) is 5.94. The van der Waals surface area contributed by atoms with Crippen molar-refractivity contribution in [3.05, 3.63) is 21.9 Å². The third-order valence-corrected chi connectivity index (χ3v) is 2.20. The number of hydrogen-bond acceptors (Lipinski definition) is 3. The monoisotopic (exact) mass is 185 g/mol. The molecule has 0 atom stereocenters. The Kier molecular flexibility index (Phi) is 2.44. The molecule has 4 nitrogen and oxygen atoms in total. The Balaban J connectivity index is 2.91. The molecule has 0 aromatic carbocycles. The first-order valence-electron chi connectivity index (χ1n) is 3.10. The summed E-state index contributed by atoms with van der Waals surface area (Å²) in [6, 6.07) is 1.38. The molecule has 0 aliphatic heterocycles. The summed E-state index contributed by atoms with van der Waals surface area (Å²) < 4.78 is 0. The van der Waals surface area contributed by atoms with Crippen molar-refractivity contribution >= 4 is 23.3 Å². The molecule has 0 amide bonds. The van der Waals surface area contributed by atoms with Crippen molar-refractivity contribution < 1.29 is 19.8 Å². The van der Waals surface area contributed by atoms with Crippen LogP contribution < -0.4 is 0 Å². The maximum absolute atomic E-state index is 10.5. The summed E-state index contributed by atoms with van der Waals surface area (Å²) >= 11 is 1.10. The summed E-state index contributed by atoms with van der Waals surface area (Å²) in [6.45, 7) is 0. The Morgan fingerprint density at radius 3 is 2.67 bits per heavy atom. The number of carbonyl (C=O) groups is 2. The average Bonchev–Trinajstić information content (AvgIpc) is 2.33. The van der Waals surface area contributed by atoms with Crippen LogP contribution in [0, 0.1) is 0 Å². The largest absolute Gasteiger partial charge is 0.478 e. The van der Waals surface area contributed by atoms with Crippen LogP contribution in [0.15, 0.2) is 11.4 Å². The zero-order chi connectivity index (χ0) is 9.14. The molecule has 1 aromatic rings. The standard InChI is InChI=1S/C7H5O4S/c8-6(9)3-5-4(7(10)11)1-2-12-5/h1-2H,3H2,(H,10,11). The van der Waals surface area contributed by atoms with Gasteiger partial charge in [0.2, 0.25) is 0 Å². The molecule has 63 valence electrons. The molecule has 0 saturated carbocycles. The van der Waals surface area contributed by atoms with Gasteiger partial charge in [0, 0.05) is 4.88 Å². The summed E-state index contributed by atoms with van der Waals surface area (Å²) in [5, 5.41) is 20.2. The van der Waals surface area contributed by atoms with Gasteiger partial charge in [0.05, 0.1) is 12.0 Å². The molecule has 1 heterocycles. The summed E-state index contributed by atoms with van der Waals surface area (Å²) in [7, 11) is 0. The number of rotatable bonds is 3. The molecule has 1 radical (unpaired) electrons. The summed E-state index contributed by atoms with van der Waals surface area (Å²) in [6.07, 6.45) is -0.334. The van der Waals surface area contributed by atoms with E-state index in [1.54, 1.807) is 5.38 Å². The molecule has 1 aromatic heterocycles. The SMILES string of the molecule is [O]C(=O)Cc1sccc1C(=O)O. The van der Waals surface area contributed by atoms with E-state index in [1.165, 1.54) is 6.07 Å². The molecule has 1 N–H and O–H groups in total. The fraction of sp³-hybridized carbons (Fsp3) is 0.143. The third kappa shape index (κ3) is 1.82. The van der Waals surface area contributed by atoms with E-state index in [-0.39, 0.29) is 12.0 Å². The highest BCUT2D eigenvalue weighted by atomic mass is 32.1. The maximum Gasteiger partial charge on any atom is 0.360 e. The quantitative estimate of drug-likeness (QED) is 0.761. The van der Waals surface area contributed by atoms with Crippen LogP contribution in [0.4, 0.5) is 0 Å². The second-order valence-electron chi connectivity index (χ2n) is 2.11. The summed E-state index contributed by atoms with van der Waals surface area (Å²) in [4.78, 5) is 20.9. The first-order chi connectivity index (χ1) is 5.61. The van der Waals surface area contributed by atoms with Crippen LogP contribution in [0.5, 0.6) is 0 Å². The molecule has 0 bridgehead atoms. The lowest BCUT2D eigenvalue weighted by Crippen LogP contribution is -2.03. The Morgan fingerprint density at radius 1 is 1.50 bits per heavy atom. The van der Waals surface area contributed by atoms with Crippen molar-refractivity contribution in [2.24, 2.45) is 0 Å². The van der Waals surface area contributed by atoms with E-state index < -0.39 is 11.9 Å². The van der Waals surface area contributed by atoms with E-state index >= 15 is 0 Å². The minimum absolute atomic E-state index is 0.0456. The minimum Gasteiger partial charge on any atom is -0.478 e. The van der Waals surface area contributed by atoms with Crippen molar-refractivity contribution in [3.8, 4) is 0 Å². The van der Waals surface area contributed by atoms with E-state index in [0.29, 0.717) is 4.88 Å². The molecule has 0 aliphatic rings. The van der Waals surface area contributed by atoms with Crippen molar-refractivity contribution in [1.29, 1.82) is 0 Å². The van der Waals surface area contributed by atoms with Gasteiger partial charge in [0.1, 0.15) is 0 Å². The summed E-state index contributed by atoms with van der Waals surface area (Å²) in [5.41, 5.74) is 0.0456. The predicted molar refractivity (Wildman–Crippen MR) is 40.7 cm³/mol. The van der Waals surface area contributed by atoms with E-state index in [4.69, 9.17) is 5.11 Å². The number of carbonyl (C=O) groups excluding carboxylic acids is 1. The molecule has 1 rings (SSSR count). The van der Waals surface area contributed by atoms with Crippen LogP contribution in [0.2, 0.25) is 0 Å². The van der Waals surface area contributed by atoms with Gasteiger partial charge in [-0.15, -0.1) is 11.3 Å². The Bertz CT molecular complexity index is 315. The number of carboxylic acid groups (broad SMARTS) is 1. The van der Waals surface area contributed by atoms with Crippen molar-refractivity contribution in [3.63, 3.8) is 0 Å². The van der Waals surface area contributed by atoms with Gasteiger partial charge >= 0.3 is 11.9 Å². The van der Waals surface area contributed by atoms with Crippen LogP contribution >= 0.6 is 11.3 Å². The maximum atomic E-state index is 10.5. The highest BCUT2D eigenvalue weighted by Gasteiger charge is 2.14. The van der Waals surface area contributed by atoms with Gasteiger partial charge < -0.3 is 5.11 Å². The van der Waals surface area contributed by atoms with Crippen LogP contribution in [-0.2, 0) is 16.3 Å². The topological polar surface area (TPSA) is 74.3 Å². The van der Waals surface area contributed by atoms with E-state index in [2.05, 4.69) is 0 Å². The minimum atomic E-state index is -1.26. The molecule has 5 heteroatoms. The second-order valence-corrected chi connectivity index (χ2v) is 3.11. The fourth-order valence-electron chi connectivity index (χ4n) is 0.799. The van der Waals surface area contributed by atoms with Gasteiger partial charge in [-0.2, -0.15) is 0 Å². The first-order valence-corrected chi connectivity index (χ1v) is 3.98. The van der Waals surface area contributed by atoms with Crippen LogP contribution in [0.3, 0.4) is 0 Å². The lowest BCUT2D eigenvalue weighted by atomic mass is 10.2. The number of aromatic carboxylic acids is 1. The molecule has 0 saturated heterocycles. The number of hydrogen-bond donors (Lipinski definition) is 1. The highest BCUT2D eigenvalue weighted by molar-refractivity contribution is 7.10. The van der Waals surface area contributed by atoms with Gasteiger partial charge in [0.15, 0.2) is 0 Å². The molecular formula is C7H5O4S. The lowest BCUT2D eigenvalue weighted by molar-refractivity contribution is -0.142. The molecule has 0 unspecified atom stereocenters. The van der Waals surface area contributed by atoms with E-state index in [1.807, 2.05) is 0 Å². The molecule has 0 fully saturated rings. The number of carboxylic acids is 1. The smallest absolute Gasteiger partial charge is 0.360 e. The number of thiophene rings is 1. The fourth-order valence-corrected chi connectivity index (χ4v) is 1.65.